The second-order valence-corrected chi connectivity index (χ2v) is 8.13. The van der Waals surface area contributed by atoms with Crippen LogP contribution in [0.15, 0.2) is 52.9 Å². The van der Waals surface area contributed by atoms with Crippen molar-refractivity contribution in [3.05, 3.63) is 48.5 Å². The number of thiazole rings is 1. The highest BCUT2D eigenvalue weighted by atomic mass is 32.2. The number of aromatic nitrogens is 1. The Kier molecular flexibility index (Phi) is 3.25. The predicted molar refractivity (Wildman–Crippen MR) is 95.6 cm³/mol. The van der Waals surface area contributed by atoms with Crippen molar-refractivity contribution in [2.24, 2.45) is 7.05 Å². The van der Waals surface area contributed by atoms with Gasteiger partial charge in [0.2, 0.25) is 5.52 Å². The van der Waals surface area contributed by atoms with E-state index in [1.165, 1.54) is 35.1 Å². The fraction of sp³-hybridized carbons (Fsp3) is 0.118. The molecule has 0 saturated heterocycles. The fourth-order valence-electron chi connectivity index (χ4n) is 2.59. The molecule has 2 aromatic carbocycles. The van der Waals surface area contributed by atoms with Crippen molar-refractivity contribution in [2.45, 2.75) is 4.34 Å². The molecule has 0 aliphatic heterocycles. The number of hydrogen-bond acceptors (Lipinski definition) is 3. The summed E-state index contributed by atoms with van der Waals surface area (Å²) < 4.78 is 6.34. The first-order valence-electron chi connectivity index (χ1n) is 6.72. The molecule has 0 amide bonds. The molecule has 104 valence electrons. The summed E-state index contributed by atoms with van der Waals surface area (Å²) in [5.74, 6) is 0. The fourth-order valence-corrected chi connectivity index (χ4v) is 5.54. The monoisotopic (exact) mass is 328 g/mol. The van der Waals surface area contributed by atoms with Gasteiger partial charge in [-0.15, -0.1) is 11.3 Å². The summed E-state index contributed by atoms with van der Waals surface area (Å²) in [5, 5.41) is 1.33. The second-order valence-electron chi connectivity index (χ2n) is 4.96. The van der Waals surface area contributed by atoms with Crippen molar-refractivity contribution < 1.29 is 4.57 Å². The van der Waals surface area contributed by atoms with Crippen molar-refractivity contribution in [2.75, 3.05) is 6.26 Å². The molecule has 2 aromatic heterocycles. The number of rotatable bonds is 2. The van der Waals surface area contributed by atoms with Crippen LogP contribution >= 0.6 is 34.4 Å². The zero-order valence-corrected chi connectivity index (χ0v) is 14.2. The van der Waals surface area contributed by atoms with E-state index in [1.54, 1.807) is 0 Å². The van der Waals surface area contributed by atoms with Crippen LogP contribution in [0, 0.1) is 0 Å². The molecule has 4 heteroatoms. The van der Waals surface area contributed by atoms with Gasteiger partial charge in [-0.1, -0.05) is 29.5 Å². The Morgan fingerprint density at radius 1 is 0.952 bits per heavy atom. The van der Waals surface area contributed by atoms with Gasteiger partial charge in [0.15, 0.2) is 0 Å². The molecule has 0 radical (unpaired) electrons. The van der Waals surface area contributed by atoms with E-state index < -0.39 is 0 Å². The highest BCUT2D eigenvalue weighted by molar-refractivity contribution is 8.00. The topological polar surface area (TPSA) is 3.88 Å². The van der Waals surface area contributed by atoms with Crippen LogP contribution in [0.2, 0.25) is 0 Å². The van der Waals surface area contributed by atoms with Gasteiger partial charge in [-0.3, -0.25) is 0 Å². The van der Waals surface area contributed by atoms with E-state index in [2.05, 4.69) is 66.4 Å². The van der Waals surface area contributed by atoms with E-state index in [1.807, 2.05) is 34.4 Å². The molecule has 0 spiro atoms. The highest BCUT2D eigenvalue weighted by Gasteiger charge is 2.16. The van der Waals surface area contributed by atoms with Crippen molar-refractivity contribution in [1.29, 1.82) is 0 Å². The lowest BCUT2D eigenvalue weighted by Gasteiger charge is -1.95. The summed E-state index contributed by atoms with van der Waals surface area (Å²) in [4.78, 5) is 1.35. The SMILES string of the molecule is CSc1sc2cc(-c3cc4ccccc4s3)ccc2[n+]1C. The van der Waals surface area contributed by atoms with Gasteiger partial charge in [0.1, 0.15) is 11.7 Å². The number of hydrogen-bond donors (Lipinski definition) is 0. The molecule has 0 aliphatic rings. The molecule has 4 rings (SSSR count). The van der Waals surface area contributed by atoms with E-state index in [4.69, 9.17) is 0 Å². The maximum absolute atomic E-state index is 2.32. The maximum Gasteiger partial charge on any atom is 0.297 e. The second kappa shape index (κ2) is 5.13. The van der Waals surface area contributed by atoms with Crippen molar-refractivity contribution >= 4 is 54.7 Å². The van der Waals surface area contributed by atoms with E-state index in [0.717, 1.165) is 0 Å². The number of benzene rings is 2. The number of thioether (sulfide) groups is 1. The van der Waals surface area contributed by atoms with Crippen molar-refractivity contribution in [3.8, 4) is 10.4 Å². The Morgan fingerprint density at radius 2 is 1.81 bits per heavy atom. The van der Waals surface area contributed by atoms with Crippen LogP contribution in [0.5, 0.6) is 0 Å². The predicted octanol–water partition coefficient (Wildman–Crippen LogP) is 5.33. The van der Waals surface area contributed by atoms with Crippen LogP contribution in [0.25, 0.3) is 30.7 Å². The van der Waals surface area contributed by atoms with E-state index in [-0.39, 0.29) is 0 Å². The summed E-state index contributed by atoms with van der Waals surface area (Å²) >= 11 is 5.55. The average molecular weight is 329 g/mol. The van der Waals surface area contributed by atoms with Crippen LogP contribution < -0.4 is 4.57 Å². The molecule has 0 fully saturated rings. The zero-order valence-electron chi connectivity index (χ0n) is 11.8. The first kappa shape index (κ1) is 13.3. The minimum atomic E-state index is 1.31. The molecule has 1 nitrogen and oxygen atoms in total. The number of nitrogens with zero attached hydrogens (tertiary/aromatic N) is 1. The third kappa shape index (κ3) is 2.18. The van der Waals surface area contributed by atoms with Gasteiger partial charge in [0.05, 0.1) is 0 Å². The van der Waals surface area contributed by atoms with E-state index in [0.29, 0.717) is 0 Å². The molecular weight excluding hydrogens is 314 g/mol. The Bertz CT molecular complexity index is 916. The lowest BCUT2D eigenvalue weighted by Crippen LogP contribution is -2.27. The molecular formula is C17H14NS3+. The number of thiophene rings is 1. The maximum atomic E-state index is 2.32. The molecule has 0 N–H and O–H groups in total. The molecule has 2 heterocycles. The van der Waals surface area contributed by atoms with Gasteiger partial charge < -0.3 is 0 Å². The molecule has 0 bridgehead atoms. The van der Waals surface area contributed by atoms with E-state index >= 15 is 0 Å². The first-order chi connectivity index (χ1) is 10.3. The van der Waals surface area contributed by atoms with E-state index in [9.17, 15) is 0 Å². The van der Waals surface area contributed by atoms with Gasteiger partial charge in [0, 0.05) is 15.6 Å². The van der Waals surface area contributed by atoms with Gasteiger partial charge in [-0.2, -0.15) is 4.57 Å². The molecule has 0 unspecified atom stereocenters. The van der Waals surface area contributed by atoms with Crippen LogP contribution in [0.1, 0.15) is 0 Å². The van der Waals surface area contributed by atoms with Gasteiger partial charge in [-0.05, 0) is 53.2 Å². The highest BCUT2D eigenvalue weighted by Crippen LogP contribution is 2.36. The third-order valence-electron chi connectivity index (χ3n) is 3.68. The minimum absolute atomic E-state index is 1.31. The van der Waals surface area contributed by atoms with Crippen molar-refractivity contribution in [1.82, 2.24) is 0 Å². The Morgan fingerprint density at radius 3 is 2.62 bits per heavy atom. The lowest BCUT2D eigenvalue weighted by atomic mass is 10.1. The van der Waals surface area contributed by atoms with Crippen molar-refractivity contribution in [3.63, 3.8) is 0 Å². The van der Waals surface area contributed by atoms with Gasteiger partial charge in [0.25, 0.3) is 4.34 Å². The Labute approximate surface area is 135 Å². The average Bonchev–Trinajstić information content (AvgIpc) is 3.08. The molecule has 0 saturated carbocycles. The largest absolute Gasteiger partial charge is 0.297 e. The summed E-state index contributed by atoms with van der Waals surface area (Å²) in [6, 6.07) is 17.7. The Balaban J connectivity index is 1.89. The molecule has 4 aromatic rings. The molecule has 21 heavy (non-hydrogen) atoms. The molecule has 0 aliphatic carbocycles. The smallest absolute Gasteiger partial charge is 0.179 e. The zero-order chi connectivity index (χ0) is 14.4. The third-order valence-corrected chi connectivity index (χ3v) is 7.21. The van der Waals surface area contributed by atoms with Crippen LogP contribution in [0.3, 0.4) is 0 Å². The Hall–Kier alpha value is -1.36. The van der Waals surface area contributed by atoms with Crippen LogP contribution in [0.4, 0.5) is 0 Å². The quantitative estimate of drug-likeness (QED) is 0.355. The van der Waals surface area contributed by atoms with Crippen LogP contribution in [-0.2, 0) is 7.05 Å². The lowest BCUT2D eigenvalue weighted by molar-refractivity contribution is -0.676. The molecule has 0 atom stereocenters. The van der Waals surface area contributed by atoms with Crippen LogP contribution in [-0.4, -0.2) is 6.26 Å². The standard InChI is InChI=1S/C17H14NS3/c1-18-13-8-7-12(10-16(13)21-17(18)19-2)15-9-11-5-3-4-6-14(11)20-15/h3-10H,1-2H3/q+1. The summed E-state index contributed by atoms with van der Waals surface area (Å²) in [6.45, 7) is 0. The minimum Gasteiger partial charge on any atom is -0.179 e. The van der Waals surface area contributed by atoms with Gasteiger partial charge >= 0.3 is 0 Å². The number of fused-ring (bicyclic) bond motifs is 2. The number of aryl methyl sites for hydroxylation is 1. The summed E-state index contributed by atoms with van der Waals surface area (Å²) in [6.07, 6.45) is 2.14. The summed E-state index contributed by atoms with van der Waals surface area (Å²) in [5.41, 5.74) is 2.63. The summed E-state index contributed by atoms with van der Waals surface area (Å²) in [7, 11) is 2.14. The first-order valence-corrected chi connectivity index (χ1v) is 9.57. The normalized spacial score (nSPS) is 11.5. The van der Waals surface area contributed by atoms with Gasteiger partial charge in [-0.25, -0.2) is 0 Å².